The van der Waals surface area contributed by atoms with E-state index in [2.05, 4.69) is 18.1 Å². The van der Waals surface area contributed by atoms with Crippen LogP contribution in [0.25, 0.3) is 16.6 Å². The van der Waals surface area contributed by atoms with Gasteiger partial charge in [-0.3, -0.25) is 4.79 Å². The third-order valence-electron chi connectivity index (χ3n) is 5.48. The molecule has 2 aromatic carbocycles. The molecule has 5 nitrogen and oxygen atoms in total. The molecule has 2 heterocycles. The number of aromatic nitrogens is 4. The molecule has 0 radical (unpaired) electrons. The van der Waals surface area contributed by atoms with E-state index in [1.54, 1.807) is 15.6 Å². The Labute approximate surface area is 173 Å². The summed E-state index contributed by atoms with van der Waals surface area (Å²) in [6, 6.07) is 13.7. The molecule has 0 N–H and O–H groups in total. The van der Waals surface area contributed by atoms with Gasteiger partial charge in [-0.25, -0.2) is 9.36 Å². The van der Waals surface area contributed by atoms with Crippen LogP contribution in [0.4, 0.5) is 0 Å². The number of rotatable bonds is 4. The minimum Gasteiger partial charge on any atom is -0.265 e. The summed E-state index contributed by atoms with van der Waals surface area (Å²) in [4.78, 5) is 13.5. The fourth-order valence-electron chi connectivity index (χ4n) is 3.89. The first kappa shape index (κ1) is 18.1. The summed E-state index contributed by atoms with van der Waals surface area (Å²) in [6.07, 6.45) is 4.00. The lowest BCUT2D eigenvalue weighted by Gasteiger charge is -2.12. The zero-order chi connectivity index (χ0) is 20.1. The first-order chi connectivity index (χ1) is 14.0. The van der Waals surface area contributed by atoms with Gasteiger partial charge in [0.25, 0.3) is 5.56 Å². The zero-order valence-corrected chi connectivity index (χ0v) is 17.1. The fraction of sp³-hybridized carbons (Fsp3) is 0.261. The van der Waals surface area contributed by atoms with Crippen LogP contribution in [-0.4, -0.2) is 19.6 Å². The summed E-state index contributed by atoms with van der Waals surface area (Å²) >= 11 is 6.13. The topological polar surface area (TPSA) is 52.7 Å². The molecule has 1 aliphatic carbocycles. The standard InChI is InChI=1S/C23H21ClN4O/c1-14-6-9-20(15(2)10-14)28-22-19(12-25-28)21(17-7-8-17)26-27(23(22)29)13-16-4-3-5-18(24)11-16/h3-6,9-12,17H,7-8,13H2,1-2H3. The van der Waals surface area contributed by atoms with E-state index in [9.17, 15) is 4.79 Å². The molecule has 1 saturated carbocycles. The summed E-state index contributed by atoms with van der Waals surface area (Å²) in [5.41, 5.74) is 5.56. The molecular formula is C23H21ClN4O. The summed E-state index contributed by atoms with van der Waals surface area (Å²) < 4.78 is 3.33. The van der Waals surface area contributed by atoms with Gasteiger partial charge in [-0.2, -0.15) is 10.2 Å². The number of nitrogens with zero attached hydrogens (tertiary/aromatic N) is 4. The van der Waals surface area contributed by atoms with Crippen molar-refractivity contribution in [2.24, 2.45) is 0 Å². The van der Waals surface area contributed by atoms with Gasteiger partial charge in [0.1, 0.15) is 5.52 Å². The number of hydrogen-bond acceptors (Lipinski definition) is 3. The second-order valence-electron chi connectivity index (χ2n) is 7.86. The number of aryl methyl sites for hydroxylation is 2. The van der Waals surface area contributed by atoms with Crippen molar-refractivity contribution in [1.29, 1.82) is 0 Å². The molecule has 0 atom stereocenters. The van der Waals surface area contributed by atoms with Crippen molar-refractivity contribution in [2.75, 3.05) is 0 Å². The Morgan fingerprint density at radius 1 is 1.14 bits per heavy atom. The van der Waals surface area contributed by atoms with E-state index in [0.717, 1.165) is 40.7 Å². The van der Waals surface area contributed by atoms with Crippen molar-refractivity contribution in [2.45, 2.75) is 39.2 Å². The smallest absolute Gasteiger partial charge is 0.265 e. The van der Waals surface area contributed by atoms with Gasteiger partial charge in [-0.1, -0.05) is 41.4 Å². The lowest BCUT2D eigenvalue weighted by atomic mass is 10.1. The molecule has 5 rings (SSSR count). The van der Waals surface area contributed by atoms with Crippen molar-refractivity contribution >= 4 is 22.5 Å². The van der Waals surface area contributed by atoms with E-state index >= 15 is 0 Å². The minimum atomic E-state index is -0.137. The second kappa shape index (κ2) is 6.85. The highest BCUT2D eigenvalue weighted by atomic mass is 35.5. The zero-order valence-electron chi connectivity index (χ0n) is 16.4. The van der Waals surface area contributed by atoms with Crippen molar-refractivity contribution in [3.63, 3.8) is 0 Å². The van der Waals surface area contributed by atoms with Crippen molar-refractivity contribution in [1.82, 2.24) is 19.6 Å². The molecule has 0 aliphatic heterocycles. The average molecular weight is 405 g/mol. The van der Waals surface area contributed by atoms with Crippen LogP contribution in [0.2, 0.25) is 5.02 Å². The molecule has 2 aromatic heterocycles. The molecule has 6 heteroatoms. The third-order valence-corrected chi connectivity index (χ3v) is 5.71. The van der Waals surface area contributed by atoms with Gasteiger partial charge in [0.05, 0.1) is 24.1 Å². The molecule has 146 valence electrons. The Hall–Kier alpha value is -2.92. The van der Waals surface area contributed by atoms with Crippen molar-refractivity contribution < 1.29 is 0 Å². The first-order valence-electron chi connectivity index (χ1n) is 9.82. The highest BCUT2D eigenvalue weighted by molar-refractivity contribution is 6.30. The fourth-order valence-corrected chi connectivity index (χ4v) is 4.11. The lowest BCUT2D eigenvalue weighted by Crippen LogP contribution is -2.26. The van der Waals surface area contributed by atoms with Crippen LogP contribution in [0.15, 0.2) is 53.5 Å². The predicted octanol–water partition coefficient (Wildman–Crippen LogP) is 4.78. The Kier molecular flexibility index (Phi) is 4.28. The molecule has 4 aromatic rings. The highest BCUT2D eigenvalue weighted by Gasteiger charge is 2.30. The molecule has 0 unspecified atom stereocenters. The SMILES string of the molecule is Cc1ccc(-n2ncc3c(C4CC4)nn(Cc4cccc(Cl)c4)c(=O)c32)c(C)c1. The van der Waals surface area contributed by atoms with Crippen molar-refractivity contribution in [3.8, 4) is 5.69 Å². The van der Waals surface area contributed by atoms with Gasteiger partial charge in [0.15, 0.2) is 0 Å². The molecular weight excluding hydrogens is 384 g/mol. The van der Waals surface area contributed by atoms with Gasteiger partial charge in [-0.15, -0.1) is 0 Å². The van der Waals surface area contributed by atoms with Crippen LogP contribution in [-0.2, 0) is 6.54 Å². The maximum absolute atomic E-state index is 13.5. The van der Waals surface area contributed by atoms with Crippen LogP contribution in [0.1, 0.15) is 41.1 Å². The van der Waals surface area contributed by atoms with Crippen LogP contribution in [0, 0.1) is 13.8 Å². The second-order valence-corrected chi connectivity index (χ2v) is 8.30. The van der Waals surface area contributed by atoms with E-state index in [1.807, 2.05) is 43.3 Å². The molecule has 0 saturated heterocycles. The summed E-state index contributed by atoms with van der Waals surface area (Å²) in [5, 5.41) is 10.8. The van der Waals surface area contributed by atoms with Crippen LogP contribution in [0.5, 0.6) is 0 Å². The number of benzene rings is 2. The predicted molar refractivity (Wildman–Crippen MR) is 115 cm³/mol. The Bertz CT molecular complexity index is 1300. The first-order valence-corrected chi connectivity index (χ1v) is 10.2. The molecule has 0 amide bonds. The Morgan fingerprint density at radius 3 is 2.69 bits per heavy atom. The van der Waals surface area contributed by atoms with Gasteiger partial charge < -0.3 is 0 Å². The van der Waals surface area contributed by atoms with Gasteiger partial charge >= 0.3 is 0 Å². The lowest BCUT2D eigenvalue weighted by molar-refractivity contribution is 0.626. The average Bonchev–Trinajstić information content (AvgIpc) is 3.43. The van der Waals surface area contributed by atoms with Crippen molar-refractivity contribution in [3.05, 3.63) is 86.4 Å². The quantitative estimate of drug-likeness (QED) is 0.492. The number of fused-ring (bicyclic) bond motifs is 1. The summed E-state index contributed by atoms with van der Waals surface area (Å²) in [6.45, 7) is 4.49. The Balaban J connectivity index is 1.73. The molecule has 0 bridgehead atoms. The molecule has 1 fully saturated rings. The van der Waals surface area contributed by atoms with Crippen LogP contribution >= 0.6 is 11.6 Å². The van der Waals surface area contributed by atoms with Gasteiger partial charge in [-0.05, 0) is 56.0 Å². The summed E-state index contributed by atoms with van der Waals surface area (Å²) in [5.74, 6) is 0.403. The van der Waals surface area contributed by atoms with Crippen LogP contribution < -0.4 is 5.56 Å². The van der Waals surface area contributed by atoms with E-state index in [4.69, 9.17) is 16.7 Å². The monoisotopic (exact) mass is 404 g/mol. The van der Waals surface area contributed by atoms with Gasteiger partial charge in [0, 0.05) is 16.3 Å². The van der Waals surface area contributed by atoms with Gasteiger partial charge in [0.2, 0.25) is 0 Å². The van der Waals surface area contributed by atoms with E-state index < -0.39 is 0 Å². The largest absolute Gasteiger partial charge is 0.293 e. The molecule has 0 spiro atoms. The van der Waals surface area contributed by atoms with E-state index in [-0.39, 0.29) is 5.56 Å². The van der Waals surface area contributed by atoms with Crippen LogP contribution in [0.3, 0.4) is 0 Å². The number of halogens is 1. The minimum absolute atomic E-state index is 0.137. The maximum Gasteiger partial charge on any atom is 0.293 e. The normalized spacial score (nSPS) is 13.9. The Morgan fingerprint density at radius 2 is 1.97 bits per heavy atom. The third kappa shape index (κ3) is 3.25. The number of hydrogen-bond donors (Lipinski definition) is 0. The summed E-state index contributed by atoms with van der Waals surface area (Å²) in [7, 11) is 0. The molecule has 1 aliphatic rings. The highest BCUT2D eigenvalue weighted by Crippen LogP contribution is 2.41. The van der Waals surface area contributed by atoms with E-state index in [0.29, 0.717) is 23.0 Å². The maximum atomic E-state index is 13.5. The van der Waals surface area contributed by atoms with E-state index in [1.165, 1.54) is 5.56 Å². The molecule has 29 heavy (non-hydrogen) atoms.